The van der Waals surface area contributed by atoms with Gasteiger partial charge in [0.2, 0.25) is 5.91 Å². The fourth-order valence-electron chi connectivity index (χ4n) is 1.84. The molecule has 0 radical (unpaired) electrons. The minimum Gasteiger partial charge on any atom is -0.497 e. The molecule has 0 saturated carbocycles. The van der Waals surface area contributed by atoms with Crippen LogP contribution in [0.15, 0.2) is 47.4 Å². The van der Waals surface area contributed by atoms with E-state index in [9.17, 15) is 18.0 Å². The van der Waals surface area contributed by atoms with Crippen LogP contribution >= 0.6 is 23.4 Å². The molecule has 2 rings (SSSR count). The number of anilines is 1. The van der Waals surface area contributed by atoms with Gasteiger partial charge in [0.25, 0.3) is 0 Å². The second kappa shape index (κ2) is 7.81. The minimum absolute atomic E-state index is 0.0482. The Balaban J connectivity index is 1.97. The molecule has 128 valence electrons. The number of ether oxygens (including phenoxy) is 1. The minimum atomic E-state index is -4.57. The number of carbonyl (C=O) groups excluding carboxylic acids is 1. The molecular weight excluding hydrogens is 363 g/mol. The van der Waals surface area contributed by atoms with E-state index in [1.165, 1.54) is 17.8 Å². The van der Waals surface area contributed by atoms with Gasteiger partial charge in [-0.15, -0.1) is 11.8 Å². The number of halogens is 4. The third kappa shape index (κ3) is 5.07. The fourth-order valence-corrected chi connectivity index (χ4v) is 2.76. The lowest BCUT2D eigenvalue weighted by Crippen LogP contribution is -2.15. The van der Waals surface area contributed by atoms with Crippen molar-refractivity contribution < 1.29 is 22.7 Å². The molecule has 0 aliphatic carbocycles. The first-order valence-corrected chi connectivity index (χ1v) is 8.09. The van der Waals surface area contributed by atoms with Gasteiger partial charge in [0.15, 0.2) is 0 Å². The Hall–Kier alpha value is -1.86. The number of hydrogen-bond donors (Lipinski definition) is 1. The van der Waals surface area contributed by atoms with Gasteiger partial charge in [-0.25, -0.2) is 0 Å². The van der Waals surface area contributed by atoms with Crippen LogP contribution in [0.25, 0.3) is 0 Å². The fraction of sp³-hybridized carbons (Fsp3) is 0.188. The average Bonchev–Trinajstić information content (AvgIpc) is 2.54. The second-order valence-corrected chi connectivity index (χ2v) is 6.16. The van der Waals surface area contributed by atoms with E-state index in [1.807, 2.05) is 0 Å². The van der Waals surface area contributed by atoms with Gasteiger partial charge in [0.05, 0.1) is 23.4 Å². The van der Waals surface area contributed by atoms with Crippen LogP contribution < -0.4 is 10.1 Å². The maximum atomic E-state index is 12.8. The average molecular weight is 376 g/mol. The quantitative estimate of drug-likeness (QED) is 0.739. The Labute approximate surface area is 146 Å². The summed E-state index contributed by atoms with van der Waals surface area (Å²) in [6.45, 7) is 0. The molecule has 8 heteroatoms. The third-order valence-corrected chi connectivity index (χ3v) is 4.33. The molecule has 0 heterocycles. The number of alkyl halides is 3. The third-order valence-electron chi connectivity index (χ3n) is 2.98. The highest BCUT2D eigenvalue weighted by atomic mass is 35.5. The summed E-state index contributed by atoms with van der Waals surface area (Å²) in [4.78, 5) is 12.7. The van der Waals surface area contributed by atoms with E-state index in [1.54, 1.807) is 31.4 Å². The molecule has 0 unspecified atom stereocenters. The molecule has 0 bridgehead atoms. The summed E-state index contributed by atoms with van der Waals surface area (Å²) in [5.41, 5.74) is -0.933. The summed E-state index contributed by atoms with van der Waals surface area (Å²) in [6.07, 6.45) is -4.57. The van der Waals surface area contributed by atoms with E-state index in [0.29, 0.717) is 5.75 Å². The molecule has 0 atom stereocenters. The molecule has 0 spiro atoms. The van der Waals surface area contributed by atoms with Gasteiger partial charge in [-0.3, -0.25) is 4.79 Å². The number of rotatable bonds is 5. The SMILES string of the molecule is COc1ccc(SCC(=O)Nc2ccc(Cl)c(C(F)(F)F)c2)cc1. The van der Waals surface area contributed by atoms with Crippen LogP contribution in [0.2, 0.25) is 5.02 Å². The van der Waals surface area contributed by atoms with E-state index in [4.69, 9.17) is 16.3 Å². The van der Waals surface area contributed by atoms with Crippen molar-refractivity contribution in [3.05, 3.63) is 53.1 Å². The van der Waals surface area contributed by atoms with Gasteiger partial charge in [-0.1, -0.05) is 11.6 Å². The van der Waals surface area contributed by atoms with E-state index in [2.05, 4.69) is 5.32 Å². The van der Waals surface area contributed by atoms with Crippen molar-refractivity contribution in [1.29, 1.82) is 0 Å². The Morgan fingerprint density at radius 3 is 2.46 bits per heavy atom. The predicted molar refractivity (Wildman–Crippen MR) is 88.8 cm³/mol. The molecule has 0 aliphatic heterocycles. The summed E-state index contributed by atoms with van der Waals surface area (Å²) in [5.74, 6) is 0.354. The van der Waals surface area contributed by atoms with Crippen molar-refractivity contribution in [1.82, 2.24) is 0 Å². The van der Waals surface area contributed by atoms with Gasteiger partial charge in [-0.05, 0) is 42.5 Å². The van der Waals surface area contributed by atoms with Crippen molar-refractivity contribution in [2.45, 2.75) is 11.1 Å². The molecule has 2 aromatic rings. The highest BCUT2D eigenvalue weighted by Gasteiger charge is 2.33. The maximum absolute atomic E-state index is 12.8. The number of methoxy groups -OCH3 is 1. The zero-order chi connectivity index (χ0) is 17.7. The topological polar surface area (TPSA) is 38.3 Å². The molecule has 1 N–H and O–H groups in total. The van der Waals surface area contributed by atoms with Crippen LogP contribution in [0.1, 0.15) is 5.56 Å². The highest BCUT2D eigenvalue weighted by Crippen LogP contribution is 2.36. The van der Waals surface area contributed by atoms with Gasteiger partial charge in [-0.2, -0.15) is 13.2 Å². The van der Waals surface area contributed by atoms with Crippen molar-refractivity contribution in [3.8, 4) is 5.75 Å². The summed E-state index contributed by atoms with van der Waals surface area (Å²) in [6, 6.07) is 10.4. The molecule has 0 aliphatic rings. The Morgan fingerprint density at radius 2 is 1.88 bits per heavy atom. The summed E-state index contributed by atoms with van der Waals surface area (Å²) >= 11 is 6.80. The van der Waals surface area contributed by atoms with Gasteiger partial charge < -0.3 is 10.1 Å². The van der Waals surface area contributed by atoms with Crippen molar-refractivity contribution >= 4 is 35.0 Å². The van der Waals surface area contributed by atoms with Crippen LogP contribution in [0.3, 0.4) is 0 Å². The van der Waals surface area contributed by atoms with E-state index in [-0.39, 0.29) is 11.4 Å². The highest BCUT2D eigenvalue weighted by molar-refractivity contribution is 8.00. The van der Waals surface area contributed by atoms with Crippen LogP contribution in [0.4, 0.5) is 18.9 Å². The smallest absolute Gasteiger partial charge is 0.417 e. The summed E-state index contributed by atoms with van der Waals surface area (Å²) in [5, 5.41) is 2.02. The Bertz CT molecular complexity index is 720. The van der Waals surface area contributed by atoms with Crippen LogP contribution in [-0.2, 0) is 11.0 Å². The van der Waals surface area contributed by atoms with E-state index >= 15 is 0 Å². The van der Waals surface area contributed by atoms with Crippen LogP contribution in [0, 0.1) is 0 Å². The lowest BCUT2D eigenvalue weighted by molar-refractivity contribution is -0.137. The molecule has 0 fully saturated rings. The monoisotopic (exact) mass is 375 g/mol. The number of carbonyl (C=O) groups is 1. The molecule has 0 aromatic heterocycles. The zero-order valence-electron chi connectivity index (χ0n) is 12.5. The Morgan fingerprint density at radius 1 is 1.21 bits per heavy atom. The van der Waals surface area contributed by atoms with E-state index < -0.39 is 22.7 Å². The predicted octanol–water partition coefficient (Wildman–Crippen LogP) is 5.10. The molecule has 24 heavy (non-hydrogen) atoms. The second-order valence-electron chi connectivity index (χ2n) is 4.70. The zero-order valence-corrected chi connectivity index (χ0v) is 14.1. The van der Waals surface area contributed by atoms with Gasteiger partial charge >= 0.3 is 6.18 Å². The normalized spacial score (nSPS) is 11.2. The van der Waals surface area contributed by atoms with Crippen molar-refractivity contribution in [3.63, 3.8) is 0 Å². The number of benzene rings is 2. The first-order valence-electron chi connectivity index (χ1n) is 6.73. The van der Waals surface area contributed by atoms with Crippen molar-refractivity contribution in [2.75, 3.05) is 18.2 Å². The maximum Gasteiger partial charge on any atom is 0.417 e. The first kappa shape index (κ1) is 18.5. The number of amides is 1. The van der Waals surface area contributed by atoms with Crippen LogP contribution in [-0.4, -0.2) is 18.8 Å². The standard InChI is InChI=1S/C16H13ClF3NO2S/c1-23-11-3-5-12(6-4-11)24-9-15(22)21-10-2-7-14(17)13(8-10)16(18,19)20/h2-8H,9H2,1H3,(H,21,22). The van der Waals surface area contributed by atoms with Gasteiger partial charge in [0, 0.05) is 10.6 Å². The Kier molecular flexibility index (Phi) is 6.01. The number of nitrogens with one attached hydrogen (secondary N) is 1. The molecular formula is C16H13ClF3NO2S. The molecule has 3 nitrogen and oxygen atoms in total. The van der Waals surface area contributed by atoms with Gasteiger partial charge in [0.1, 0.15) is 5.75 Å². The molecule has 0 saturated heterocycles. The lowest BCUT2D eigenvalue weighted by atomic mass is 10.2. The van der Waals surface area contributed by atoms with E-state index in [0.717, 1.165) is 17.0 Å². The van der Waals surface area contributed by atoms with Crippen molar-refractivity contribution in [2.24, 2.45) is 0 Å². The van der Waals surface area contributed by atoms with Crippen LogP contribution in [0.5, 0.6) is 5.75 Å². The summed E-state index contributed by atoms with van der Waals surface area (Å²) in [7, 11) is 1.55. The number of hydrogen-bond acceptors (Lipinski definition) is 3. The number of thioether (sulfide) groups is 1. The largest absolute Gasteiger partial charge is 0.497 e. The molecule has 1 amide bonds. The first-order chi connectivity index (χ1) is 11.3. The molecule has 2 aromatic carbocycles. The summed E-state index contributed by atoms with van der Waals surface area (Å²) < 4.78 is 43.4. The lowest BCUT2D eigenvalue weighted by Gasteiger charge is -2.11.